The van der Waals surface area contributed by atoms with Crippen LogP contribution in [0.1, 0.15) is 5.56 Å². The summed E-state index contributed by atoms with van der Waals surface area (Å²) in [5.74, 6) is 0.525. The van der Waals surface area contributed by atoms with Crippen LogP contribution >= 0.6 is 0 Å². The first kappa shape index (κ1) is 11.6. The third kappa shape index (κ3) is 2.03. The summed E-state index contributed by atoms with van der Waals surface area (Å²) in [5.41, 5.74) is 2.37. The van der Waals surface area contributed by atoms with Gasteiger partial charge in [-0.05, 0) is 12.1 Å². The third-order valence-electron chi connectivity index (χ3n) is 3.07. The molecular formula is C14H13FN4. The summed E-state index contributed by atoms with van der Waals surface area (Å²) in [6.07, 6.45) is 3.42. The minimum absolute atomic E-state index is 0.202. The van der Waals surface area contributed by atoms with Crippen LogP contribution in [0.4, 0.5) is 10.2 Å². The summed E-state index contributed by atoms with van der Waals surface area (Å²) in [6.45, 7) is 0.455. The number of pyridine rings is 1. The van der Waals surface area contributed by atoms with Crippen molar-refractivity contribution in [3.05, 3.63) is 54.2 Å². The second-order valence-corrected chi connectivity index (χ2v) is 4.24. The Bertz CT molecular complexity index is 720. The highest BCUT2D eigenvalue weighted by atomic mass is 19.1. The highest BCUT2D eigenvalue weighted by Crippen LogP contribution is 2.20. The zero-order valence-corrected chi connectivity index (χ0v) is 10.5. The fourth-order valence-electron chi connectivity index (χ4n) is 2.11. The van der Waals surface area contributed by atoms with E-state index in [-0.39, 0.29) is 5.82 Å². The van der Waals surface area contributed by atoms with E-state index in [0.29, 0.717) is 12.1 Å². The Labute approximate surface area is 109 Å². The van der Waals surface area contributed by atoms with E-state index >= 15 is 0 Å². The lowest BCUT2D eigenvalue weighted by Gasteiger charge is -2.06. The number of anilines is 1. The van der Waals surface area contributed by atoms with E-state index in [1.54, 1.807) is 31.7 Å². The molecule has 0 unspecified atom stereocenters. The molecule has 0 aliphatic heterocycles. The van der Waals surface area contributed by atoms with Gasteiger partial charge in [0.05, 0.1) is 18.4 Å². The number of hydrogen-bond acceptors (Lipinski definition) is 3. The van der Waals surface area contributed by atoms with Gasteiger partial charge in [-0.3, -0.25) is 0 Å². The number of rotatable bonds is 3. The maximum absolute atomic E-state index is 13.7. The molecule has 1 aromatic carbocycles. The van der Waals surface area contributed by atoms with Gasteiger partial charge in [-0.1, -0.05) is 18.2 Å². The average Bonchev–Trinajstić information content (AvgIpc) is 2.84. The molecule has 2 heterocycles. The standard InChI is InChI=1S/C14H13FN4/c1-16-14-13-12(6-7-17-14)19(9-18-13)8-10-4-2-3-5-11(10)15/h2-7,9H,8H2,1H3,(H,16,17). The Morgan fingerprint density at radius 1 is 1.21 bits per heavy atom. The van der Waals surface area contributed by atoms with Crippen molar-refractivity contribution >= 4 is 16.9 Å². The topological polar surface area (TPSA) is 42.7 Å². The molecule has 0 atom stereocenters. The van der Waals surface area contributed by atoms with Crippen molar-refractivity contribution in [3.63, 3.8) is 0 Å². The maximum atomic E-state index is 13.7. The molecule has 0 saturated heterocycles. The molecule has 96 valence electrons. The Morgan fingerprint density at radius 3 is 2.84 bits per heavy atom. The van der Waals surface area contributed by atoms with Gasteiger partial charge in [0.15, 0.2) is 5.82 Å². The fourth-order valence-corrected chi connectivity index (χ4v) is 2.11. The molecule has 0 aliphatic carbocycles. The van der Waals surface area contributed by atoms with Crippen LogP contribution in [0.2, 0.25) is 0 Å². The largest absolute Gasteiger partial charge is 0.371 e. The molecule has 0 saturated carbocycles. The molecule has 5 heteroatoms. The second-order valence-electron chi connectivity index (χ2n) is 4.24. The van der Waals surface area contributed by atoms with Crippen molar-refractivity contribution in [3.8, 4) is 0 Å². The summed E-state index contributed by atoms with van der Waals surface area (Å²) >= 11 is 0. The molecule has 3 aromatic rings. The van der Waals surface area contributed by atoms with E-state index in [1.807, 2.05) is 16.7 Å². The molecule has 4 nitrogen and oxygen atoms in total. The number of halogens is 1. The van der Waals surface area contributed by atoms with Gasteiger partial charge in [0.2, 0.25) is 0 Å². The van der Waals surface area contributed by atoms with Crippen molar-refractivity contribution in [1.82, 2.24) is 14.5 Å². The lowest BCUT2D eigenvalue weighted by molar-refractivity contribution is 0.601. The lowest BCUT2D eigenvalue weighted by atomic mass is 10.2. The minimum atomic E-state index is -0.202. The van der Waals surface area contributed by atoms with Crippen molar-refractivity contribution in [2.75, 3.05) is 12.4 Å². The van der Waals surface area contributed by atoms with Crippen LogP contribution in [0.3, 0.4) is 0 Å². The molecular weight excluding hydrogens is 243 g/mol. The van der Waals surface area contributed by atoms with Crippen LogP contribution in [-0.4, -0.2) is 21.6 Å². The molecule has 19 heavy (non-hydrogen) atoms. The van der Waals surface area contributed by atoms with E-state index in [1.165, 1.54) is 6.07 Å². The fraction of sp³-hybridized carbons (Fsp3) is 0.143. The summed E-state index contributed by atoms with van der Waals surface area (Å²) < 4.78 is 15.6. The molecule has 0 amide bonds. The van der Waals surface area contributed by atoms with E-state index in [9.17, 15) is 4.39 Å². The van der Waals surface area contributed by atoms with Crippen LogP contribution in [0, 0.1) is 5.82 Å². The van der Waals surface area contributed by atoms with Gasteiger partial charge in [-0.2, -0.15) is 0 Å². The highest BCUT2D eigenvalue weighted by Gasteiger charge is 2.09. The van der Waals surface area contributed by atoms with Crippen LogP contribution in [-0.2, 0) is 6.54 Å². The van der Waals surface area contributed by atoms with Gasteiger partial charge in [0.25, 0.3) is 0 Å². The summed E-state index contributed by atoms with van der Waals surface area (Å²) in [5, 5.41) is 3.00. The summed E-state index contributed by atoms with van der Waals surface area (Å²) in [4.78, 5) is 8.53. The van der Waals surface area contributed by atoms with Gasteiger partial charge in [0, 0.05) is 18.8 Å². The van der Waals surface area contributed by atoms with Crippen LogP contribution in [0.15, 0.2) is 42.9 Å². The summed E-state index contributed by atoms with van der Waals surface area (Å²) in [7, 11) is 1.80. The predicted molar refractivity (Wildman–Crippen MR) is 72.6 cm³/mol. The normalized spacial score (nSPS) is 10.8. The molecule has 0 bridgehead atoms. The van der Waals surface area contributed by atoms with Gasteiger partial charge >= 0.3 is 0 Å². The number of nitrogens with one attached hydrogen (secondary N) is 1. The number of imidazole rings is 1. The molecule has 0 aliphatic rings. The molecule has 2 aromatic heterocycles. The second kappa shape index (κ2) is 4.68. The monoisotopic (exact) mass is 256 g/mol. The number of aromatic nitrogens is 3. The average molecular weight is 256 g/mol. The van der Waals surface area contributed by atoms with Gasteiger partial charge in [-0.25, -0.2) is 14.4 Å². The van der Waals surface area contributed by atoms with E-state index in [0.717, 1.165) is 16.9 Å². The number of nitrogens with zero attached hydrogens (tertiary/aromatic N) is 3. The molecule has 1 N–H and O–H groups in total. The van der Waals surface area contributed by atoms with E-state index < -0.39 is 0 Å². The van der Waals surface area contributed by atoms with Gasteiger partial charge < -0.3 is 9.88 Å². The van der Waals surface area contributed by atoms with E-state index in [2.05, 4.69) is 15.3 Å². The SMILES string of the molecule is CNc1nccc2c1ncn2Cc1ccccc1F. The first-order valence-corrected chi connectivity index (χ1v) is 6.00. The van der Waals surface area contributed by atoms with Crippen LogP contribution in [0.25, 0.3) is 11.0 Å². The van der Waals surface area contributed by atoms with Crippen LogP contribution in [0.5, 0.6) is 0 Å². The first-order valence-electron chi connectivity index (χ1n) is 6.00. The zero-order valence-electron chi connectivity index (χ0n) is 10.5. The molecule has 0 fully saturated rings. The Kier molecular flexibility index (Phi) is 2.87. The molecule has 0 spiro atoms. The Morgan fingerprint density at radius 2 is 2.05 bits per heavy atom. The van der Waals surface area contributed by atoms with Crippen molar-refractivity contribution < 1.29 is 4.39 Å². The van der Waals surface area contributed by atoms with E-state index in [4.69, 9.17) is 0 Å². The van der Waals surface area contributed by atoms with Crippen molar-refractivity contribution in [1.29, 1.82) is 0 Å². The first-order chi connectivity index (χ1) is 9.29. The highest BCUT2D eigenvalue weighted by molar-refractivity contribution is 5.85. The van der Waals surface area contributed by atoms with Crippen molar-refractivity contribution in [2.45, 2.75) is 6.54 Å². The molecule has 3 rings (SSSR count). The van der Waals surface area contributed by atoms with Crippen molar-refractivity contribution in [2.24, 2.45) is 0 Å². The summed E-state index contributed by atoms with van der Waals surface area (Å²) in [6, 6.07) is 8.65. The molecule has 0 radical (unpaired) electrons. The Hall–Kier alpha value is -2.43. The smallest absolute Gasteiger partial charge is 0.153 e. The Balaban J connectivity index is 2.05. The van der Waals surface area contributed by atoms with Crippen LogP contribution < -0.4 is 5.32 Å². The quantitative estimate of drug-likeness (QED) is 0.783. The third-order valence-corrected chi connectivity index (χ3v) is 3.07. The zero-order chi connectivity index (χ0) is 13.2. The predicted octanol–water partition coefficient (Wildman–Crippen LogP) is 2.66. The lowest BCUT2D eigenvalue weighted by Crippen LogP contribution is -2.00. The number of fused-ring (bicyclic) bond motifs is 1. The maximum Gasteiger partial charge on any atom is 0.153 e. The minimum Gasteiger partial charge on any atom is -0.371 e. The number of benzene rings is 1. The van der Waals surface area contributed by atoms with Gasteiger partial charge in [-0.15, -0.1) is 0 Å². The number of hydrogen-bond donors (Lipinski definition) is 1. The van der Waals surface area contributed by atoms with Gasteiger partial charge in [0.1, 0.15) is 11.3 Å².